The maximum absolute atomic E-state index is 12.9. The molecule has 0 saturated carbocycles. The summed E-state index contributed by atoms with van der Waals surface area (Å²) in [6.45, 7) is 0.435. The summed E-state index contributed by atoms with van der Waals surface area (Å²) >= 11 is 1.49. The fourth-order valence-electron chi connectivity index (χ4n) is 2.71. The molecule has 2 aromatic heterocycles. The molecule has 24 heavy (non-hydrogen) atoms. The number of halogens is 3. The topological polar surface area (TPSA) is 63.7 Å². The van der Waals surface area contributed by atoms with E-state index in [-0.39, 0.29) is 5.92 Å². The predicted octanol–water partition coefficient (Wildman–Crippen LogP) is 3.67. The van der Waals surface area contributed by atoms with E-state index >= 15 is 0 Å². The van der Waals surface area contributed by atoms with Crippen LogP contribution in [0.2, 0.25) is 0 Å². The summed E-state index contributed by atoms with van der Waals surface area (Å²) in [5.74, 6) is 1.03. The molecule has 124 valence electrons. The van der Waals surface area contributed by atoms with Crippen molar-refractivity contribution in [2.45, 2.75) is 18.5 Å². The molecule has 1 atom stereocenters. The number of hydrogen-bond acceptors (Lipinski definition) is 5. The Morgan fingerprint density at radius 2 is 2.08 bits per heavy atom. The largest absolute Gasteiger partial charge is 0.493 e. The highest BCUT2D eigenvalue weighted by Gasteiger charge is 2.32. The molecular weight excluding hydrogens is 341 g/mol. The maximum Gasteiger partial charge on any atom is 0.416 e. The van der Waals surface area contributed by atoms with Crippen LogP contribution in [0.25, 0.3) is 10.7 Å². The van der Waals surface area contributed by atoms with Crippen LogP contribution in [0.3, 0.4) is 0 Å². The zero-order chi connectivity index (χ0) is 16.7. The standard InChI is InChI=1S/C15H11F3N4OS/c16-15(17,18)10-1-2-11-8(6-10)5-9(7-23-11)12-3-4-13(24-12)14-19-21-22-20-14/h1-4,6,9H,5,7H2,(H,19,20,21,22). The Hall–Kier alpha value is -2.42. The molecule has 0 amide bonds. The van der Waals surface area contributed by atoms with Crippen molar-refractivity contribution < 1.29 is 17.9 Å². The Morgan fingerprint density at radius 1 is 1.21 bits per heavy atom. The van der Waals surface area contributed by atoms with Gasteiger partial charge >= 0.3 is 6.18 Å². The molecule has 0 bridgehead atoms. The summed E-state index contributed by atoms with van der Waals surface area (Å²) in [5, 5.41) is 13.8. The van der Waals surface area contributed by atoms with E-state index in [4.69, 9.17) is 4.74 Å². The van der Waals surface area contributed by atoms with Crippen LogP contribution in [0, 0.1) is 0 Å². The van der Waals surface area contributed by atoms with Crippen LogP contribution >= 0.6 is 11.3 Å². The number of aromatic nitrogens is 4. The predicted molar refractivity (Wildman–Crippen MR) is 80.9 cm³/mol. The molecule has 1 aliphatic heterocycles. The molecule has 1 aromatic carbocycles. The van der Waals surface area contributed by atoms with Crippen LogP contribution in [0.4, 0.5) is 13.2 Å². The zero-order valence-electron chi connectivity index (χ0n) is 12.2. The third kappa shape index (κ3) is 2.75. The number of H-pyrrole nitrogens is 1. The molecule has 5 nitrogen and oxygen atoms in total. The van der Waals surface area contributed by atoms with Crippen LogP contribution in [-0.4, -0.2) is 27.2 Å². The molecule has 1 aliphatic rings. The summed E-state index contributed by atoms with van der Waals surface area (Å²) in [7, 11) is 0. The first-order valence-corrected chi connectivity index (χ1v) is 7.99. The van der Waals surface area contributed by atoms with Crippen LogP contribution in [0.1, 0.15) is 21.9 Å². The van der Waals surface area contributed by atoms with E-state index in [0.717, 1.165) is 15.8 Å². The summed E-state index contributed by atoms with van der Waals surface area (Å²) in [4.78, 5) is 1.88. The fourth-order valence-corrected chi connectivity index (χ4v) is 3.73. The number of alkyl halides is 3. The van der Waals surface area contributed by atoms with E-state index in [0.29, 0.717) is 30.2 Å². The van der Waals surface area contributed by atoms with E-state index in [9.17, 15) is 13.2 Å². The van der Waals surface area contributed by atoms with Gasteiger partial charge in [-0.2, -0.15) is 18.4 Å². The monoisotopic (exact) mass is 352 g/mol. The van der Waals surface area contributed by atoms with Crippen molar-refractivity contribution in [1.29, 1.82) is 0 Å². The van der Waals surface area contributed by atoms with E-state index in [1.54, 1.807) is 0 Å². The van der Waals surface area contributed by atoms with Gasteiger partial charge in [-0.1, -0.05) is 0 Å². The van der Waals surface area contributed by atoms with Crippen molar-refractivity contribution in [3.63, 3.8) is 0 Å². The summed E-state index contributed by atoms with van der Waals surface area (Å²) in [5.41, 5.74) is -0.0697. The minimum atomic E-state index is -4.35. The quantitative estimate of drug-likeness (QED) is 0.764. The van der Waals surface area contributed by atoms with Crippen molar-refractivity contribution in [2.24, 2.45) is 0 Å². The van der Waals surface area contributed by atoms with Gasteiger partial charge < -0.3 is 4.74 Å². The lowest BCUT2D eigenvalue weighted by Crippen LogP contribution is -2.19. The lowest BCUT2D eigenvalue weighted by atomic mass is 9.94. The molecule has 0 spiro atoms. The number of ether oxygens (including phenoxy) is 1. The van der Waals surface area contributed by atoms with Crippen molar-refractivity contribution in [1.82, 2.24) is 20.6 Å². The molecule has 3 heterocycles. The van der Waals surface area contributed by atoms with Gasteiger partial charge in [0.1, 0.15) is 5.75 Å². The van der Waals surface area contributed by atoms with Gasteiger partial charge in [-0.05, 0) is 47.5 Å². The normalized spacial score (nSPS) is 17.4. The van der Waals surface area contributed by atoms with Gasteiger partial charge in [0.15, 0.2) is 0 Å². The van der Waals surface area contributed by atoms with Gasteiger partial charge in [0.2, 0.25) is 5.82 Å². The van der Waals surface area contributed by atoms with E-state index in [2.05, 4.69) is 20.6 Å². The molecule has 0 fully saturated rings. The van der Waals surface area contributed by atoms with Crippen molar-refractivity contribution >= 4 is 11.3 Å². The van der Waals surface area contributed by atoms with E-state index in [1.165, 1.54) is 23.5 Å². The molecule has 0 saturated heterocycles. The summed E-state index contributed by atoms with van der Waals surface area (Å²) < 4.78 is 44.3. The SMILES string of the molecule is FC(F)(F)c1ccc2c(c1)CC(c1ccc(-c3nn[nH]n3)s1)CO2. The molecule has 9 heteroatoms. The third-order valence-electron chi connectivity index (χ3n) is 3.89. The first-order chi connectivity index (χ1) is 11.5. The molecule has 3 aromatic rings. The average molecular weight is 352 g/mol. The molecule has 4 rings (SSSR count). The van der Waals surface area contributed by atoms with E-state index in [1.807, 2.05) is 12.1 Å². The highest BCUT2D eigenvalue weighted by atomic mass is 32.1. The maximum atomic E-state index is 12.9. The Morgan fingerprint density at radius 3 is 2.83 bits per heavy atom. The Bertz CT molecular complexity index is 860. The number of rotatable bonds is 2. The number of benzene rings is 1. The number of thiophene rings is 1. The lowest BCUT2D eigenvalue weighted by Gasteiger charge is -2.25. The Balaban J connectivity index is 1.60. The minimum absolute atomic E-state index is 0.00614. The summed E-state index contributed by atoms with van der Waals surface area (Å²) in [6, 6.07) is 7.44. The van der Waals surface area contributed by atoms with Crippen LogP contribution in [0.15, 0.2) is 30.3 Å². The third-order valence-corrected chi connectivity index (χ3v) is 5.13. The van der Waals surface area contributed by atoms with Crippen molar-refractivity contribution in [3.05, 3.63) is 46.3 Å². The number of nitrogens with zero attached hydrogens (tertiary/aromatic N) is 3. The van der Waals surface area contributed by atoms with Crippen molar-refractivity contribution in [2.75, 3.05) is 6.61 Å². The second-order valence-corrected chi connectivity index (χ2v) is 6.59. The van der Waals surface area contributed by atoms with Gasteiger partial charge in [0.25, 0.3) is 0 Å². The van der Waals surface area contributed by atoms with Crippen LogP contribution in [0.5, 0.6) is 5.75 Å². The van der Waals surface area contributed by atoms with Crippen LogP contribution < -0.4 is 4.74 Å². The first-order valence-electron chi connectivity index (χ1n) is 7.17. The van der Waals surface area contributed by atoms with Crippen molar-refractivity contribution in [3.8, 4) is 16.5 Å². The average Bonchev–Trinajstić information content (AvgIpc) is 3.24. The van der Waals surface area contributed by atoms with Gasteiger partial charge in [-0.3, -0.25) is 0 Å². The minimum Gasteiger partial charge on any atom is -0.493 e. The lowest BCUT2D eigenvalue weighted by molar-refractivity contribution is -0.137. The molecule has 1 N–H and O–H groups in total. The molecular formula is C15H11F3N4OS. The number of tetrazole rings is 1. The van der Waals surface area contributed by atoms with Gasteiger partial charge in [0, 0.05) is 10.8 Å². The number of aromatic amines is 1. The van der Waals surface area contributed by atoms with Gasteiger partial charge in [0.05, 0.1) is 17.0 Å². The first kappa shape index (κ1) is 15.1. The number of nitrogens with one attached hydrogen (secondary N) is 1. The Labute approximate surface area is 138 Å². The van der Waals surface area contributed by atoms with Gasteiger partial charge in [-0.25, -0.2) is 0 Å². The second kappa shape index (κ2) is 5.59. The van der Waals surface area contributed by atoms with Crippen LogP contribution in [-0.2, 0) is 12.6 Å². The Kier molecular flexibility index (Phi) is 3.52. The second-order valence-electron chi connectivity index (χ2n) is 5.47. The fraction of sp³-hybridized carbons (Fsp3) is 0.267. The summed E-state index contributed by atoms with van der Waals surface area (Å²) in [6.07, 6.45) is -3.85. The molecule has 0 radical (unpaired) electrons. The molecule has 1 unspecified atom stereocenters. The van der Waals surface area contributed by atoms with Gasteiger partial charge in [-0.15, -0.1) is 21.5 Å². The smallest absolute Gasteiger partial charge is 0.416 e. The zero-order valence-corrected chi connectivity index (χ0v) is 13.0. The highest BCUT2D eigenvalue weighted by Crippen LogP contribution is 2.39. The highest BCUT2D eigenvalue weighted by molar-refractivity contribution is 7.15. The van der Waals surface area contributed by atoms with E-state index < -0.39 is 11.7 Å². The molecule has 0 aliphatic carbocycles. The number of hydrogen-bond donors (Lipinski definition) is 1. The number of fused-ring (bicyclic) bond motifs is 1.